The number of hydrogen-bond donors (Lipinski definition) is 4. The molecule has 0 spiro atoms. The molecule has 1 aromatic heterocycles. The zero-order chi connectivity index (χ0) is 12.2. The molecule has 90 valence electrons. The van der Waals surface area contributed by atoms with Gasteiger partial charge in [-0.1, -0.05) is 5.16 Å². The molecule has 0 aliphatic rings. The fourth-order valence-electron chi connectivity index (χ4n) is 0.959. The van der Waals surface area contributed by atoms with E-state index in [1.165, 1.54) is 6.07 Å². The van der Waals surface area contributed by atoms with Crippen LogP contribution in [0.4, 0.5) is 0 Å². The number of aromatic carboxylic acids is 1. The summed E-state index contributed by atoms with van der Waals surface area (Å²) in [6.07, 6.45) is 0. The molecule has 7 nitrogen and oxygen atoms in total. The maximum atomic E-state index is 10.5. The van der Waals surface area contributed by atoms with Crippen LogP contribution in [0.3, 0.4) is 0 Å². The lowest BCUT2D eigenvalue weighted by Crippen LogP contribution is -2.48. The Labute approximate surface area is 91.7 Å². The molecule has 1 rings (SSSR count). The van der Waals surface area contributed by atoms with Crippen LogP contribution in [0.25, 0.3) is 0 Å². The van der Waals surface area contributed by atoms with Gasteiger partial charge in [0, 0.05) is 6.07 Å². The molecular formula is C9H14N2O5. The Hall–Kier alpha value is -1.44. The van der Waals surface area contributed by atoms with Crippen molar-refractivity contribution in [1.82, 2.24) is 10.5 Å². The standard InChI is InChI=1S/C9H14N2O5/c1-9(4-12,5-13)10-3-6-2-7(8(14)15)11-16-6/h2,10,12-13H,3-5H2,1H3,(H,14,15). The lowest BCUT2D eigenvalue weighted by atomic mass is 10.1. The van der Waals surface area contributed by atoms with Gasteiger partial charge in [0.1, 0.15) is 0 Å². The molecule has 0 aliphatic carbocycles. The molecule has 16 heavy (non-hydrogen) atoms. The monoisotopic (exact) mass is 230 g/mol. The molecule has 0 radical (unpaired) electrons. The first-order valence-corrected chi connectivity index (χ1v) is 4.66. The highest BCUT2D eigenvalue weighted by Crippen LogP contribution is 2.07. The number of aliphatic hydroxyl groups excluding tert-OH is 2. The van der Waals surface area contributed by atoms with Crippen LogP contribution < -0.4 is 5.32 Å². The number of carboxylic acid groups (broad SMARTS) is 1. The van der Waals surface area contributed by atoms with Crippen molar-refractivity contribution >= 4 is 5.97 Å². The van der Waals surface area contributed by atoms with Crippen molar-refractivity contribution < 1.29 is 24.6 Å². The van der Waals surface area contributed by atoms with Crippen LogP contribution >= 0.6 is 0 Å². The third kappa shape index (κ3) is 3.02. The maximum Gasteiger partial charge on any atom is 0.358 e. The van der Waals surface area contributed by atoms with E-state index >= 15 is 0 Å². The van der Waals surface area contributed by atoms with Gasteiger partial charge in [-0.25, -0.2) is 4.79 Å². The van der Waals surface area contributed by atoms with Gasteiger partial charge in [0.25, 0.3) is 0 Å². The Kier molecular flexibility index (Phi) is 3.99. The summed E-state index contributed by atoms with van der Waals surface area (Å²) in [6.45, 7) is 1.31. The van der Waals surface area contributed by atoms with Gasteiger partial charge in [-0.3, -0.25) is 0 Å². The summed E-state index contributed by atoms with van der Waals surface area (Å²) in [5.74, 6) is -0.840. The second kappa shape index (κ2) is 5.06. The van der Waals surface area contributed by atoms with Gasteiger partial charge in [-0.2, -0.15) is 0 Å². The zero-order valence-electron chi connectivity index (χ0n) is 8.80. The van der Waals surface area contributed by atoms with Crippen molar-refractivity contribution in [3.05, 3.63) is 17.5 Å². The van der Waals surface area contributed by atoms with E-state index in [1.807, 2.05) is 0 Å². The van der Waals surface area contributed by atoms with Crippen molar-refractivity contribution in [2.24, 2.45) is 0 Å². The summed E-state index contributed by atoms with van der Waals surface area (Å²) in [4.78, 5) is 10.5. The normalized spacial score (nSPS) is 11.7. The van der Waals surface area contributed by atoms with Crippen LogP contribution in [0, 0.1) is 0 Å². The number of aliphatic hydroxyl groups is 2. The summed E-state index contributed by atoms with van der Waals surface area (Å²) in [7, 11) is 0. The van der Waals surface area contributed by atoms with E-state index in [0.717, 1.165) is 0 Å². The van der Waals surface area contributed by atoms with Gasteiger partial charge in [0.2, 0.25) is 0 Å². The molecule has 4 N–H and O–H groups in total. The first kappa shape index (κ1) is 12.6. The summed E-state index contributed by atoms with van der Waals surface area (Å²) in [5.41, 5.74) is -1.01. The molecular weight excluding hydrogens is 216 g/mol. The van der Waals surface area contributed by atoms with Crippen LogP contribution in [-0.4, -0.2) is 45.2 Å². The number of aromatic nitrogens is 1. The molecule has 0 unspecified atom stereocenters. The van der Waals surface area contributed by atoms with E-state index in [0.29, 0.717) is 5.76 Å². The second-order valence-electron chi connectivity index (χ2n) is 3.71. The number of carboxylic acids is 1. The highest BCUT2D eigenvalue weighted by molar-refractivity contribution is 5.85. The smallest absolute Gasteiger partial charge is 0.358 e. The third-order valence-corrected chi connectivity index (χ3v) is 2.17. The van der Waals surface area contributed by atoms with E-state index in [1.54, 1.807) is 6.92 Å². The summed E-state index contributed by atoms with van der Waals surface area (Å²) in [5, 5.41) is 32.7. The van der Waals surface area contributed by atoms with Crippen LogP contribution in [0.1, 0.15) is 23.2 Å². The van der Waals surface area contributed by atoms with Crippen molar-refractivity contribution in [1.29, 1.82) is 0 Å². The molecule has 1 aromatic rings. The molecule has 0 saturated carbocycles. The topological polar surface area (TPSA) is 116 Å². The van der Waals surface area contributed by atoms with Gasteiger partial charge in [0.05, 0.1) is 25.3 Å². The minimum absolute atomic E-state index is 0.175. The van der Waals surface area contributed by atoms with Crippen molar-refractivity contribution in [3.63, 3.8) is 0 Å². The summed E-state index contributed by atoms with van der Waals surface area (Å²) in [6, 6.07) is 1.28. The molecule has 0 amide bonds. The predicted octanol–water partition coefficient (Wildman–Crippen LogP) is -0.794. The van der Waals surface area contributed by atoms with E-state index in [9.17, 15) is 4.79 Å². The van der Waals surface area contributed by atoms with Gasteiger partial charge < -0.3 is 25.2 Å². The molecule has 1 heterocycles. The number of rotatable bonds is 6. The summed E-state index contributed by atoms with van der Waals surface area (Å²) < 4.78 is 4.75. The van der Waals surface area contributed by atoms with Crippen molar-refractivity contribution in [2.45, 2.75) is 19.0 Å². The fourth-order valence-corrected chi connectivity index (χ4v) is 0.959. The van der Waals surface area contributed by atoms with Gasteiger partial charge >= 0.3 is 5.97 Å². The second-order valence-corrected chi connectivity index (χ2v) is 3.71. The highest BCUT2D eigenvalue weighted by Gasteiger charge is 2.22. The average Bonchev–Trinajstić information content (AvgIpc) is 2.75. The van der Waals surface area contributed by atoms with E-state index in [4.69, 9.17) is 19.8 Å². The quantitative estimate of drug-likeness (QED) is 0.506. The first-order valence-electron chi connectivity index (χ1n) is 4.66. The van der Waals surface area contributed by atoms with Gasteiger partial charge in [0.15, 0.2) is 11.5 Å². The van der Waals surface area contributed by atoms with Gasteiger partial charge in [-0.05, 0) is 6.92 Å². The molecule has 0 aromatic carbocycles. The number of nitrogens with one attached hydrogen (secondary N) is 1. The van der Waals surface area contributed by atoms with Crippen LogP contribution in [0.15, 0.2) is 10.6 Å². The molecule has 7 heteroatoms. The number of hydrogen-bond acceptors (Lipinski definition) is 6. The number of nitrogens with zero attached hydrogens (tertiary/aromatic N) is 1. The van der Waals surface area contributed by atoms with E-state index in [-0.39, 0.29) is 25.5 Å². The van der Waals surface area contributed by atoms with Crippen molar-refractivity contribution in [3.8, 4) is 0 Å². The Bertz CT molecular complexity index is 359. The molecule has 0 bridgehead atoms. The lowest BCUT2D eigenvalue weighted by molar-refractivity contribution is 0.0685. The molecule has 0 fully saturated rings. The first-order chi connectivity index (χ1) is 7.50. The SMILES string of the molecule is CC(CO)(CO)NCc1cc(C(=O)O)no1. The Morgan fingerprint density at radius 3 is 2.62 bits per heavy atom. The number of carbonyl (C=O) groups is 1. The minimum atomic E-state index is -1.16. The van der Waals surface area contributed by atoms with Crippen molar-refractivity contribution in [2.75, 3.05) is 13.2 Å². The lowest BCUT2D eigenvalue weighted by Gasteiger charge is -2.25. The largest absolute Gasteiger partial charge is 0.476 e. The molecule has 0 atom stereocenters. The highest BCUT2D eigenvalue weighted by atomic mass is 16.5. The van der Waals surface area contributed by atoms with Crippen LogP contribution in [-0.2, 0) is 6.54 Å². The van der Waals surface area contributed by atoms with Crippen LogP contribution in [0.2, 0.25) is 0 Å². The van der Waals surface area contributed by atoms with E-state index < -0.39 is 11.5 Å². The fraction of sp³-hybridized carbons (Fsp3) is 0.556. The minimum Gasteiger partial charge on any atom is -0.476 e. The third-order valence-electron chi connectivity index (χ3n) is 2.17. The van der Waals surface area contributed by atoms with Gasteiger partial charge in [-0.15, -0.1) is 0 Å². The molecule has 0 saturated heterocycles. The zero-order valence-corrected chi connectivity index (χ0v) is 8.80. The van der Waals surface area contributed by atoms with E-state index in [2.05, 4.69) is 10.5 Å². The Morgan fingerprint density at radius 2 is 2.19 bits per heavy atom. The predicted molar refractivity (Wildman–Crippen MR) is 52.9 cm³/mol. The molecule has 0 aliphatic heterocycles. The summed E-state index contributed by atoms with van der Waals surface area (Å²) >= 11 is 0. The Morgan fingerprint density at radius 1 is 1.56 bits per heavy atom. The maximum absolute atomic E-state index is 10.5. The van der Waals surface area contributed by atoms with Crippen LogP contribution in [0.5, 0.6) is 0 Å². The average molecular weight is 230 g/mol. The Balaban J connectivity index is 2.57.